The number of hydrogen-bond donors (Lipinski definition) is 0. The van der Waals surface area contributed by atoms with E-state index in [0.717, 1.165) is 16.8 Å². The summed E-state index contributed by atoms with van der Waals surface area (Å²) in [5, 5.41) is 0. The van der Waals surface area contributed by atoms with Gasteiger partial charge in [-0.1, -0.05) is 32.9 Å². The maximum Gasteiger partial charge on any atom is 0.232 e. The second-order valence-corrected chi connectivity index (χ2v) is 9.06. The molecule has 1 saturated heterocycles. The molecule has 0 radical (unpaired) electrons. The maximum absolute atomic E-state index is 14.3. The molecule has 31 heavy (non-hydrogen) atoms. The summed E-state index contributed by atoms with van der Waals surface area (Å²) in [6.45, 7) is 7.15. The van der Waals surface area contributed by atoms with Gasteiger partial charge in [0.15, 0.2) is 0 Å². The monoisotopic (exact) mass is 429 g/mol. The molecule has 5 nitrogen and oxygen atoms in total. The highest BCUT2D eigenvalue weighted by molar-refractivity contribution is 5.96. The van der Waals surface area contributed by atoms with Crippen molar-refractivity contribution in [3.05, 3.63) is 59.4 Å². The fourth-order valence-corrected chi connectivity index (χ4v) is 3.82. The molecule has 3 rings (SSSR count). The van der Waals surface area contributed by atoms with Gasteiger partial charge >= 0.3 is 0 Å². The van der Waals surface area contributed by atoms with E-state index in [1.165, 1.54) is 12.1 Å². The Hall–Kier alpha value is -2.44. The van der Waals surface area contributed by atoms with Crippen molar-refractivity contribution >= 4 is 11.6 Å². The third-order valence-corrected chi connectivity index (χ3v) is 5.76. The van der Waals surface area contributed by atoms with E-state index in [0.29, 0.717) is 38.4 Å². The van der Waals surface area contributed by atoms with Crippen LogP contribution in [0.4, 0.5) is 10.1 Å². The van der Waals surface area contributed by atoms with Crippen molar-refractivity contribution < 1.29 is 23.4 Å². The molecular formula is C25H32FNO4. The van der Waals surface area contributed by atoms with Crippen LogP contribution >= 0.6 is 0 Å². The van der Waals surface area contributed by atoms with Crippen LogP contribution in [0.2, 0.25) is 0 Å². The molecule has 0 aromatic heterocycles. The average molecular weight is 430 g/mol. The average Bonchev–Trinajstić information content (AvgIpc) is 2.76. The van der Waals surface area contributed by atoms with Crippen molar-refractivity contribution in [1.29, 1.82) is 0 Å². The Kier molecular flexibility index (Phi) is 7.02. The highest BCUT2D eigenvalue weighted by Crippen LogP contribution is 2.37. The van der Waals surface area contributed by atoms with Crippen LogP contribution in [0.5, 0.6) is 5.75 Å². The van der Waals surface area contributed by atoms with Crippen LogP contribution in [0.25, 0.3) is 0 Å². The Morgan fingerprint density at radius 2 is 1.77 bits per heavy atom. The second-order valence-electron chi connectivity index (χ2n) is 9.06. The molecule has 2 aromatic rings. The van der Waals surface area contributed by atoms with Crippen molar-refractivity contribution in [1.82, 2.24) is 0 Å². The zero-order valence-corrected chi connectivity index (χ0v) is 19.0. The zero-order valence-electron chi connectivity index (χ0n) is 19.0. The van der Waals surface area contributed by atoms with Gasteiger partial charge in [-0.05, 0) is 35.4 Å². The first-order chi connectivity index (χ1) is 14.6. The lowest BCUT2D eigenvalue weighted by Gasteiger charge is -2.36. The molecule has 1 fully saturated rings. The van der Waals surface area contributed by atoms with Gasteiger partial charge in [0, 0.05) is 57.4 Å². The van der Waals surface area contributed by atoms with Crippen LogP contribution in [-0.4, -0.2) is 33.3 Å². The summed E-state index contributed by atoms with van der Waals surface area (Å²) in [5.74, 6) is 0.152. The first-order valence-electron chi connectivity index (χ1n) is 10.6. The predicted molar refractivity (Wildman–Crippen MR) is 119 cm³/mol. The number of carbonyl (C=O) groups excluding carboxylic acids is 1. The van der Waals surface area contributed by atoms with Crippen molar-refractivity contribution in [2.24, 2.45) is 5.41 Å². The van der Waals surface area contributed by atoms with Crippen molar-refractivity contribution in [2.75, 3.05) is 32.3 Å². The summed E-state index contributed by atoms with van der Waals surface area (Å²) in [5.41, 5.74) is 1.52. The number of rotatable bonds is 6. The molecule has 1 aliphatic heterocycles. The van der Waals surface area contributed by atoms with E-state index in [4.69, 9.17) is 14.2 Å². The Labute approximate surface area is 184 Å². The predicted octanol–water partition coefficient (Wildman–Crippen LogP) is 5.07. The minimum absolute atomic E-state index is 0.0453. The van der Waals surface area contributed by atoms with Crippen molar-refractivity contribution in [2.45, 2.75) is 45.8 Å². The first-order valence-corrected chi connectivity index (χ1v) is 10.6. The number of halogens is 1. The lowest BCUT2D eigenvalue weighted by atomic mass is 9.86. The van der Waals surface area contributed by atoms with Crippen LogP contribution in [0.1, 0.15) is 44.7 Å². The highest BCUT2D eigenvalue weighted by atomic mass is 19.1. The summed E-state index contributed by atoms with van der Waals surface area (Å²) >= 11 is 0. The number of anilines is 1. The lowest BCUT2D eigenvalue weighted by molar-refractivity contribution is -0.125. The summed E-state index contributed by atoms with van der Waals surface area (Å²) < 4.78 is 31.4. The fraction of sp³-hybridized carbons (Fsp3) is 0.480. The Balaban J connectivity index is 1.70. The topological polar surface area (TPSA) is 48.0 Å². The Morgan fingerprint density at radius 3 is 2.35 bits per heavy atom. The van der Waals surface area contributed by atoms with Gasteiger partial charge in [0.05, 0.1) is 5.60 Å². The number of ether oxygens (including phenoxy) is 3. The van der Waals surface area contributed by atoms with Crippen LogP contribution in [0.3, 0.4) is 0 Å². The standard InChI is InChI=1S/C25H32FNO4/c1-24(2,3)23(28)27(4)21-8-6-18(7-9-21)17-31-22-15-19(14-20(26)16-22)25(29-5)10-12-30-13-11-25/h6-9,14-16H,10-13,17H2,1-5H3. The number of methoxy groups -OCH3 is 1. The van der Waals surface area contributed by atoms with E-state index in [-0.39, 0.29) is 11.7 Å². The molecule has 0 aliphatic carbocycles. The molecule has 0 unspecified atom stereocenters. The smallest absolute Gasteiger partial charge is 0.232 e. The highest BCUT2D eigenvalue weighted by Gasteiger charge is 2.35. The third kappa shape index (κ3) is 5.43. The largest absolute Gasteiger partial charge is 0.489 e. The van der Waals surface area contributed by atoms with Crippen LogP contribution in [0.15, 0.2) is 42.5 Å². The Morgan fingerprint density at radius 1 is 1.13 bits per heavy atom. The quantitative estimate of drug-likeness (QED) is 0.644. The van der Waals surface area contributed by atoms with E-state index < -0.39 is 11.0 Å². The second kappa shape index (κ2) is 9.37. The van der Waals surface area contributed by atoms with Gasteiger partial charge in [0.1, 0.15) is 18.2 Å². The van der Waals surface area contributed by atoms with Crippen LogP contribution in [0, 0.1) is 11.2 Å². The van der Waals surface area contributed by atoms with Crippen molar-refractivity contribution in [3.63, 3.8) is 0 Å². The maximum atomic E-state index is 14.3. The van der Waals surface area contributed by atoms with Gasteiger partial charge in [-0.2, -0.15) is 0 Å². The van der Waals surface area contributed by atoms with Gasteiger partial charge in [0.2, 0.25) is 5.91 Å². The molecule has 0 atom stereocenters. The van der Waals surface area contributed by atoms with Gasteiger partial charge in [0.25, 0.3) is 0 Å². The van der Waals surface area contributed by atoms with E-state index in [1.54, 1.807) is 19.1 Å². The number of carbonyl (C=O) groups is 1. The van der Waals surface area contributed by atoms with E-state index in [2.05, 4.69) is 0 Å². The molecule has 0 spiro atoms. The molecule has 168 valence electrons. The molecule has 1 aliphatic rings. The minimum atomic E-state index is -0.551. The Bertz CT molecular complexity index is 899. The normalized spacial score (nSPS) is 16.1. The molecule has 1 amide bonds. The number of hydrogen-bond acceptors (Lipinski definition) is 4. The van der Waals surface area contributed by atoms with Crippen molar-refractivity contribution in [3.8, 4) is 5.75 Å². The van der Waals surface area contributed by atoms with E-state index in [1.807, 2.05) is 51.1 Å². The molecule has 0 bridgehead atoms. The zero-order chi connectivity index (χ0) is 22.6. The lowest BCUT2D eigenvalue weighted by Crippen LogP contribution is -2.36. The fourth-order valence-electron chi connectivity index (χ4n) is 3.82. The van der Waals surface area contributed by atoms with Gasteiger partial charge in [-0.15, -0.1) is 0 Å². The summed E-state index contributed by atoms with van der Waals surface area (Å²) in [7, 11) is 3.43. The SMILES string of the molecule is COC1(c2cc(F)cc(OCc3ccc(N(C)C(=O)C(C)(C)C)cc3)c2)CCOCC1. The van der Waals surface area contributed by atoms with Crippen LogP contribution in [-0.2, 0) is 26.5 Å². The van der Waals surface area contributed by atoms with Gasteiger partial charge in [-0.3, -0.25) is 4.79 Å². The molecule has 0 N–H and O–H groups in total. The van der Waals surface area contributed by atoms with Gasteiger partial charge in [-0.25, -0.2) is 4.39 Å². The number of amides is 1. The van der Waals surface area contributed by atoms with Gasteiger partial charge < -0.3 is 19.1 Å². The molecule has 2 aromatic carbocycles. The summed E-state index contributed by atoms with van der Waals surface area (Å²) in [4.78, 5) is 14.1. The summed E-state index contributed by atoms with van der Waals surface area (Å²) in [6.07, 6.45) is 1.35. The molecular weight excluding hydrogens is 397 g/mol. The van der Waals surface area contributed by atoms with Crippen LogP contribution < -0.4 is 9.64 Å². The number of nitrogens with zero attached hydrogens (tertiary/aromatic N) is 1. The van der Waals surface area contributed by atoms with E-state index >= 15 is 0 Å². The minimum Gasteiger partial charge on any atom is -0.489 e. The van der Waals surface area contributed by atoms with E-state index in [9.17, 15) is 9.18 Å². The third-order valence-electron chi connectivity index (χ3n) is 5.76. The molecule has 6 heteroatoms. The summed E-state index contributed by atoms with van der Waals surface area (Å²) in [6, 6.07) is 12.4. The molecule has 1 heterocycles. The first kappa shape index (κ1) is 23.2. The number of benzene rings is 2. The molecule has 0 saturated carbocycles.